The molecule has 1 amide bonds. The van der Waals surface area contributed by atoms with Crippen LogP contribution >= 0.6 is 0 Å². The zero-order valence-corrected chi connectivity index (χ0v) is 9.49. The summed E-state index contributed by atoms with van der Waals surface area (Å²) in [7, 11) is -2.87. The zero-order valence-electron chi connectivity index (χ0n) is 8.67. The summed E-state index contributed by atoms with van der Waals surface area (Å²) in [4.78, 5) is 10.4. The Kier molecular flexibility index (Phi) is 6.48. The van der Waals surface area contributed by atoms with Crippen LogP contribution in [0, 0.1) is 0 Å². The van der Waals surface area contributed by atoms with Crippen LogP contribution in [0.2, 0.25) is 0 Å². The lowest BCUT2D eigenvalue weighted by atomic mass is 10.5. The summed E-state index contributed by atoms with van der Waals surface area (Å²) in [6.45, 7) is 4.64. The summed E-state index contributed by atoms with van der Waals surface area (Å²) in [5.74, 6) is 0.261. The fourth-order valence-corrected chi connectivity index (χ4v) is 1.57. The molecule has 0 aliphatic heterocycles. The Morgan fingerprint density at radius 2 is 1.86 bits per heavy atom. The van der Waals surface area contributed by atoms with E-state index in [2.05, 4.69) is 10.6 Å². The van der Waals surface area contributed by atoms with Crippen molar-refractivity contribution in [1.82, 2.24) is 10.6 Å². The van der Waals surface area contributed by atoms with Crippen molar-refractivity contribution in [3.63, 3.8) is 0 Å². The van der Waals surface area contributed by atoms with Crippen molar-refractivity contribution in [2.75, 3.05) is 31.1 Å². The molecule has 2 N–H and O–H groups in total. The second-order valence-electron chi connectivity index (χ2n) is 2.97. The molecule has 0 saturated carbocycles. The molecule has 0 aromatic rings. The largest absolute Gasteiger partial charge is 0.355 e. The van der Waals surface area contributed by atoms with Gasteiger partial charge >= 0.3 is 0 Å². The van der Waals surface area contributed by atoms with Crippen molar-refractivity contribution in [2.24, 2.45) is 0 Å². The molecular formula is C8H18N2O3S. The first kappa shape index (κ1) is 13.4. The van der Waals surface area contributed by atoms with Crippen molar-refractivity contribution < 1.29 is 13.2 Å². The number of carbonyl (C=O) groups excluding carboxylic acids is 1. The molecular weight excluding hydrogens is 204 g/mol. The number of carbonyl (C=O) groups is 1. The lowest BCUT2D eigenvalue weighted by Crippen LogP contribution is -2.32. The molecule has 0 aliphatic rings. The van der Waals surface area contributed by atoms with Gasteiger partial charge in [0.15, 0.2) is 9.84 Å². The van der Waals surface area contributed by atoms with E-state index in [9.17, 15) is 13.2 Å². The molecule has 6 heteroatoms. The van der Waals surface area contributed by atoms with E-state index >= 15 is 0 Å². The fourth-order valence-electron chi connectivity index (χ4n) is 0.824. The summed E-state index contributed by atoms with van der Waals surface area (Å²) in [5.41, 5.74) is 0. The number of amides is 1. The Bertz CT molecular complexity index is 262. The Morgan fingerprint density at radius 3 is 2.36 bits per heavy atom. The molecule has 0 aliphatic carbocycles. The highest BCUT2D eigenvalue weighted by atomic mass is 32.2. The zero-order chi connectivity index (χ0) is 11.0. The van der Waals surface area contributed by atoms with E-state index < -0.39 is 9.84 Å². The van der Waals surface area contributed by atoms with Crippen LogP contribution in [0.15, 0.2) is 0 Å². The van der Waals surface area contributed by atoms with Crippen LogP contribution in [0.25, 0.3) is 0 Å². The van der Waals surface area contributed by atoms with Gasteiger partial charge in [-0.25, -0.2) is 8.42 Å². The topological polar surface area (TPSA) is 75.3 Å². The Balaban J connectivity index is 3.35. The smallest absolute Gasteiger partial charge is 0.216 e. The van der Waals surface area contributed by atoms with Gasteiger partial charge in [-0.2, -0.15) is 0 Å². The van der Waals surface area contributed by atoms with Gasteiger partial charge in [-0.15, -0.1) is 0 Å². The number of rotatable bonds is 7. The van der Waals surface area contributed by atoms with Crippen LogP contribution in [-0.4, -0.2) is 45.5 Å². The highest BCUT2D eigenvalue weighted by molar-refractivity contribution is 7.91. The first-order chi connectivity index (χ1) is 6.48. The molecule has 0 rings (SSSR count). The molecule has 0 atom stereocenters. The van der Waals surface area contributed by atoms with Crippen LogP contribution in [0.4, 0.5) is 0 Å². The Labute approximate surface area is 85.2 Å². The van der Waals surface area contributed by atoms with E-state index in [0.29, 0.717) is 19.6 Å². The summed E-state index contributed by atoms with van der Waals surface area (Å²) in [5, 5.41) is 5.54. The maximum absolute atomic E-state index is 11.0. The molecule has 0 aromatic heterocycles. The van der Waals surface area contributed by atoms with E-state index in [1.54, 1.807) is 6.92 Å². The highest BCUT2D eigenvalue weighted by Crippen LogP contribution is 1.86. The van der Waals surface area contributed by atoms with Crippen LogP contribution in [0.1, 0.15) is 13.8 Å². The SMILES string of the molecule is CCS(=O)(=O)CCNCCNC(C)=O. The maximum Gasteiger partial charge on any atom is 0.216 e. The van der Waals surface area contributed by atoms with Gasteiger partial charge in [0.05, 0.1) is 5.75 Å². The van der Waals surface area contributed by atoms with Crippen molar-refractivity contribution in [3.05, 3.63) is 0 Å². The van der Waals surface area contributed by atoms with Gasteiger partial charge < -0.3 is 10.6 Å². The molecule has 14 heavy (non-hydrogen) atoms. The summed E-state index contributed by atoms with van der Waals surface area (Å²) >= 11 is 0. The third-order valence-electron chi connectivity index (χ3n) is 1.71. The lowest BCUT2D eigenvalue weighted by molar-refractivity contribution is -0.118. The van der Waals surface area contributed by atoms with Crippen molar-refractivity contribution in [3.8, 4) is 0 Å². The molecule has 0 heterocycles. The number of hydrogen-bond acceptors (Lipinski definition) is 4. The van der Waals surface area contributed by atoms with Gasteiger partial charge in [0.1, 0.15) is 0 Å². The quantitative estimate of drug-likeness (QED) is 0.550. The van der Waals surface area contributed by atoms with E-state index in [1.165, 1.54) is 6.92 Å². The average Bonchev–Trinajstić information content (AvgIpc) is 2.10. The number of nitrogens with one attached hydrogen (secondary N) is 2. The molecule has 0 radical (unpaired) electrons. The van der Waals surface area contributed by atoms with Crippen LogP contribution in [0.5, 0.6) is 0 Å². The molecule has 0 unspecified atom stereocenters. The van der Waals surface area contributed by atoms with E-state index in [0.717, 1.165) is 0 Å². The third kappa shape index (κ3) is 8.00. The third-order valence-corrected chi connectivity index (χ3v) is 3.41. The van der Waals surface area contributed by atoms with E-state index in [1.807, 2.05) is 0 Å². The minimum atomic E-state index is -2.87. The summed E-state index contributed by atoms with van der Waals surface area (Å²) in [6.07, 6.45) is 0. The standard InChI is InChI=1S/C8H18N2O3S/c1-3-14(12,13)7-6-9-4-5-10-8(2)11/h9H,3-7H2,1-2H3,(H,10,11). The molecule has 0 fully saturated rings. The van der Waals surface area contributed by atoms with Crippen molar-refractivity contribution >= 4 is 15.7 Å². The Morgan fingerprint density at radius 1 is 1.21 bits per heavy atom. The molecule has 0 saturated heterocycles. The van der Waals surface area contributed by atoms with Gasteiger partial charge in [-0.3, -0.25) is 4.79 Å². The average molecular weight is 222 g/mol. The molecule has 0 spiro atoms. The van der Waals surface area contributed by atoms with Crippen LogP contribution in [0.3, 0.4) is 0 Å². The van der Waals surface area contributed by atoms with Gasteiger partial charge in [0.25, 0.3) is 0 Å². The van der Waals surface area contributed by atoms with Gasteiger partial charge in [0.2, 0.25) is 5.91 Å². The van der Waals surface area contributed by atoms with Crippen LogP contribution < -0.4 is 10.6 Å². The fraction of sp³-hybridized carbons (Fsp3) is 0.875. The van der Waals surface area contributed by atoms with E-state index in [4.69, 9.17) is 0 Å². The maximum atomic E-state index is 11.0. The monoisotopic (exact) mass is 222 g/mol. The second-order valence-corrected chi connectivity index (χ2v) is 5.44. The second kappa shape index (κ2) is 6.78. The predicted molar refractivity (Wildman–Crippen MR) is 55.9 cm³/mol. The first-order valence-electron chi connectivity index (χ1n) is 4.63. The predicted octanol–water partition coefficient (Wildman–Crippen LogP) is -0.853. The van der Waals surface area contributed by atoms with Crippen molar-refractivity contribution in [2.45, 2.75) is 13.8 Å². The number of sulfone groups is 1. The van der Waals surface area contributed by atoms with Gasteiger partial charge in [0, 0.05) is 32.3 Å². The molecule has 84 valence electrons. The summed E-state index contributed by atoms with van der Waals surface area (Å²) < 4.78 is 22.1. The minimum absolute atomic E-state index is 0.0759. The minimum Gasteiger partial charge on any atom is -0.355 e. The molecule has 0 bridgehead atoms. The summed E-state index contributed by atoms with van der Waals surface area (Å²) in [6, 6.07) is 0. The lowest BCUT2D eigenvalue weighted by Gasteiger charge is -2.04. The van der Waals surface area contributed by atoms with E-state index in [-0.39, 0.29) is 17.4 Å². The normalized spacial score (nSPS) is 11.3. The Hall–Kier alpha value is -0.620. The molecule has 0 aromatic carbocycles. The first-order valence-corrected chi connectivity index (χ1v) is 6.45. The number of hydrogen-bond donors (Lipinski definition) is 2. The molecule has 5 nitrogen and oxygen atoms in total. The van der Waals surface area contributed by atoms with Crippen LogP contribution in [-0.2, 0) is 14.6 Å². The highest BCUT2D eigenvalue weighted by Gasteiger charge is 2.05. The van der Waals surface area contributed by atoms with Gasteiger partial charge in [-0.1, -0.05) is 6.92 Å². The van der Waals surface area contributed by atoms with Gasteiger partial charge in [-0.05, 0) is 0 Å². The van der Waals surface area contributed by atoms with Crippen molar-refractivity contribution in [1.29, 1.82) is 0 Å².